The van der Waals surface area contributed by atoms with Gasteiger partial charge in [-0.3, -0.25) is 4.79 Å². The molecule has 0 spiro atoms. The fourth-order valence-corrected chi connectivity index (χ4v) is 4.41. The van der Waals surface area contributed by atoms with E-state index in [4.69, 9.17) is 9.72 Å². The number of pyridine rings is 1. The van der Waals surface area contributed by atoms with Gasteiger partial charge in [0.15, 0.2) is 6.61 Å². The van der Waals surface area contributed by atoms with Gasteiger partial charge in [0.1, 0.15) is 0 Å². The van der Waals surface area contributed by atoms with Crippen LogP contribution in [0.4, 0.5) is 0 Å². The number of fused-ring (bicyclic) bond motifs is 1. The zero-order chi connectivity index (χ0) is 22.0. The van der Waals surface area contributed by atoms with Gasteiger partial charge in [-0.15, -0.1) is 0 Å². The molecular formula is C26H28N2O3. The number of amides is 1. The average molecular weight is 417 g/mol. The van der Waals surface area contributed by atoms with Crippen molar-refractivity contribution in [3.05, 3.63) is 65.7 Å². The summed E-state index contributed by atoms with van der Waals surface area (Å²) in [6.07, 6.45) is 3.09. The van der Waals surface area contributed by atoms with Gasteiger partial charge in [-0.2, -0.15) is 0 Å². The largest absolute Gasteiger partial charge is 0.452 e. The second-order valence-corrected chi connectivity index (χ2v) is 8.44. The summed E-state index contributed by atoms with van der Waals surface area (Å²) in [6.45, 7) is 5.89. The molecule has 0 radical (unpaired) electrons. The molecule has 3 aromatic rings. The number of ether oxygens (including phenoxy) is 1. The highest BCUT2D eigenvalue weighted by Gasteiger charge is 2.29. The normalized spacial score (nSPS) is 18.7. The first-order valence-corrected chi connectivity index (χ1v) is 10.9. The summed E-state index contributed by atoms with van der Waals surface area (Å²) in [6, 6.07) is 17.6. The highest BCUT2D eigenvalue weighted by Crippen LogP contribution is 2.26. The van der Waals surface area contributed by atoms with Crippen molar-refractivity contribution in [3.8, 4) is 11.3 Å². The predicted octanol–water partition coefficient (Wildman–Crippen LogP) is 5.16. The van der Waals surface area contributed by atoms with Crippen molar-refractivity contribution >= 4 is 22.8 Å². The van der Waals surface area contributed by atoms with Crippen LogP contribution in [0.15, 0.2) is 54.6 Å². The molecule has 160 valence electrons. The van der Waals surface area contributed by atoms with Gasteiger partial charge in [0.25, 0.3) is 5.91 Å². The number of para-hydroxylation sites is 1. The molecule has 0 bridgehead atoms. The standard InChI is InChI=1S/C26H28N2O3/c1-17-11-13-20(14-12-17)24-15-22(21-9-4-5-10-23(21)27-24)26(30)31-16-25(29)28-18(2)7-6-8-19(28)3/h4-5,9-15,18-19H,6-8,16H2,1-3H3/t18-,19-/m1/s1. The molecule has 2 aromatic carbocycles. The van der Waals surface area contributed by atoms with Crippen molar-refractivity contribution < 1.29 is 14.3 Å². The number of esters is 1. The minimum absolute atomic E-state index is 0.134. The van der Waals surface area contributed by atoms with E-state index in [1.54, 1.807) is 6.07 Å². The number of hydrogen-bond acceptors (Lipinski definition) is 4. The molecule has 0 unspecified atom stereocenters. The number of carbonyl (C=O) groups excluding carboxylic acids is 2. The Morgan fingerprint density at radius 3 is 2.42 bits per heavy atom. The van der Waals surface area contributed by atoms with Crippen LogP contribution in [-0.2, 0) is 9.53 Å². The van der Waals surface area contributed by atoms with Crippen LogP contribution in [0.25, 0.3) is 22.2 Å². The topological polar surface area (TPSA) is 59.5 Å². The fraction of sp³-hybridized carbons (Fsp3) is 0.346. The summed E-state index contributed by atoms with van der Waals surface area (Å²) >= 11 is 0. The molecule has 31 heavy (non-hydrogen) atoms. The lowest BCUT2D eigenvalue weighted by Crippen LogP contribution is -2.49. The molecule has 2 atom stereocenters. The number of carbonyl (C=O) groups is 2. The Kier molecular flexibility index (Phi) is 6.03. The molecule has 1 aromatic heterocycles. The SMILES string of the molecule is Cc1ccc(-c2cc(C(=O)OCC(=O)N3[C@H](C)CCC[C@H]3C)c3ccccc3n2)cc1. The molecule has 5 heteroatoms. The number of likely N-dealkylation sites (tertiary alicyclic amines) is 1. The van der Waals surface area contributed by atoms with Gasteiger partial charge in [-0.05, 0) is 52.2 Å². The van der Waals surface area contributed by atoms with E-state index in [0.29, 0.717) is 11.3 Å². The lowest BCUT2D eigenvalue weighted by atomic mass is 9.97. The predicted molar refractivity (Wildman–Crippen MR) is 122 cm³/mol. The molecule has 0 saturated carbocycles. The van der Waals surface area contributed by atoms with Crippen LogP contribution in [0.1, 0.15) is 49.0 Å². The van der Waals surface area contributed by atoms with Gasteiger partial charge in [-0.25, -0.2) is 9.78 Å². The van der Waals surface area contributed by atoms with Gasteiger partial charge in [0.2, 0.25) is 0 Å². The van der Waals surface area contributed by atoms with Crippen molar-refractivity contribution in [1.82, 2.24) is 9.88 Å². The summed E-state index contributed by atoms with van der Waals surface area (Å²) in [5.41, 5.74) is 3.93. The van der Waals surface area contributed by atoms with Gasteiger partial charge in [-0.1, -0.05) is 48.0 Å². The van der Waals surface area contributed by atoms with Crippen molar-refractivity contribution in [2.24, 2.45) is 0 Å². The quantitative estimate of drug-likeness (QED) is 0.552. The second-order valence-electron chi connectivity index (χ2n) is 8.44. The Morgan fingerprint density at radius 1 is 1.03 bits per heavy atom. The number of piperidine rings is 1. The smallest absolute Gasteiger partial charge is 0.339 e. The molecular weight excluding hydrogens is 388 g/mol. The monoisotopic (exact) mass is 416 g/mol. The number of aromatic nitrogens is 1. The molecule has 2 heterocycles. The molecule has 5 nitrogen and oxygen atoms in total. The number of hydrogen-bond donors (Lipinski definition) is 0. The maximum atomic E-state index is 13.0. The van der Waals surface area contributed by atoms with Crippen molar-refractivity contribution in [2.45, 2.75) is 52.1 Å². The zero-order valence-electron chi connectivity index (χ0n) is 18.3. The van der Waals surface area contributed by atoms with E-state index >= 15 is 0 Å². The van der Waals surface area contributed by atoms with Gasteiger partial charge in [0.05, 0.1) is 16.8 Å². The van der Waals surface area contributed by atoms with E-state index in [1.165, 1.54) is 0 Å². The number of nitrogens with zero attached hydrogens (tertiary/aromatic N) is 2. The fourth-order valence-electron chi connectivity index (χ4n) is 4.41. The molecule has 1 aliphatic heterocycles. The first-order valence-electron chi connectivity index (χ1n) is 10.9. The van der Waals surface area contributed by atoms with Crippen LogP contribution >= 0.6 is 0 Å². The third-order valence-electron chi connectivity index (χ3n) is 6.09. The van der Waals surface area contributed by atoms with E-state index in [2.05, 4.69) is 13.8 Å². The molecule has 4 rings (SSSR count). The van der Waals surface area contributed by atoms with E-state index < -0.39 is 5.97 Å². The average Bonchev–Trinajstić information content (AvgIpc) is 2.77. The Bertz CT molecular complexity index is 1100. The molecule has 1 amide bonds. The third-order valence-corrected chi connectivity index (χ3v) is 6.09. The van der Waals surface area contributed by atoms with Crippen LogP contribution in [0.2, 0.25) is 0 Å². The van der Waals surface area contributed by atoms with Crippen LogP contribution in [0, 0.1) is 6.92 Å². The summed E-state index contributed by atoms with van der Waals surface area (Å²) < 4.78 is 5.50. The van der Waals surface area contributed by atoms with Crippen LogP contribution in [0.3, 0.4) is 0 Å². The maximum absolute atomic E-state index is 13.0. The van der Waals surface area contributed by atoms with Gasteiger partial charge in [0, 0.05) is 23.0 Å². The van der Waals surface area contributed by atoms with Gasteiger partial charge >= 0.3 is 5.97 Å². The molecule has 1 fully saturated rings. The van der Waals surface area contributed by atoms with E-state index in [1.807, 2.05) is 60.4 Å². The molecule has 0 aliphatic carbocycles. The summed E-state index contributed by atoms with van der Waals surface area (Å²) in [5.74, 6) is -0.636. The highest BCUT2D eigenvalue weighted by molar-refractivity contribution is 6.05. The van der Waals surface area contributed by atoms with Crippen LogP contribution in [-0.4, -0.2) is 40.5 Å². The Hall–Kier alpha value is -3.21. The molecule has 1 aliphatic rings. The van der Waals surface area contributed by atoms with Gasteiger partial charge < -0.3 is 9.64 Å². The summed E-state index contributed by atoms with van der Waals surface area (Å²) in [7, 11) is 0. The minimum atomic E-state index is -0.502. The van der Waals surface area contributed by atoms with E-state index in [-0.39, 0.29) is 24.6 Å². The van der Waals surface area contributed by atoms with Crippen molar-refractivity contribution in [3.63, 3.8) is 0 Å². The van der Waals surface area contributed by atoms with E-state index in [9.17, 15) is 9.59 Å². The first-order chi connectivity index (χ1) is 14.9. The first kappa shape index (κ1) is 21.0. The molecule has 1 saturated heterocycles. The third kappa shape index (κ3) is 4.46. The number of benzene rings is 2. The van der Waals surface area contributed by atoms with Crippen molar-refractivity contribution in [1.29, 1.82) is 0 Å². The number of aryl methyl sites for hydroxylation is 1. The lowest BCUT2D eigenvalue weighted by Gasteiger charge is -2.38. The van der Waals surface area contributed by atoms with E-state index in [0.717, 1.165) is 41.3 Å². The maximum Gasteiger partial charge on any atom is 0.339 e. The lowest BCUT2D eigenvalue weighted by molar-refractivity contribution is -0.140. The Balaban J connectivity index is 1.59. The van der Waals surface area contributed by atoms with Crippen LogP contribution < -0.4 is 0 Å². The van der Waals surface area contributed by atoms with Crippen molar-refractivity contribution in [2.75, 3.05) is 6.61 Å². The highest BCUT2D eigenvalue weighted by atomic mass is 16.5. The molecule has 0 N–H and O–H groups in total. The zero-order valence-corrected chi connectivity index (χ0v) is 18.3. The Morgan fingerprint density at radius 2 is 1.71 bits per heavy atom. The summed E-state index contributed by atoms with van der Waals surface area (Å²) in [5, 5.41) is 0.718. The second kappa shape index (κ2) is 8.88. The summed E-state index contributed by atoms with van der Waals surface area (Å²) in [4.78, 5) is 32.4. The van der Waals surface area contributed by atoms with Crippen LogP contribution in [0.5, 0.6) is 0 Å². The Labute approximate surface area is 183 Å². The number of rotatable bonds is 4. The minimum Gasteiger partial charge on any atom is -0.452 e.